The van der Waals surface area contributed by atoms with Crippen molar-refractivity contribution in [3.63, 3.8) is 0 Å². The lowest BCUT2D eigenvalue weighted by atomic mass is 10.1. The van der Waals surface area contributed by atoms with E-state index in [1.807, 2.05) is 0 Å². The minimum absolute atomic E-state index is 0.215. The van der Waals surface area contributed by atoms with E-state index < -0.39 is 11.6 Å². The van der Waals surface area contributed by atoms with Gasteiger partial charge in [-0.05, 0) is 37.5 Å². The Labute approximate surface area is 110 Å². The Morgan fingerprint density at radius 3 is 2.74 bits per heavy atom. The Morgan fingerprint density at radius 2 is 1.95 bits per heavy atom. The third-order valence-corrected chi connectivity index (χ3v) is 3.98. The van der Waals surface area contributed by atoms with Crippen molar-refractivity contribution >= 4 is 5.91 Å². The summed E-state index contributed by atoms with van der Waals surface area (Å²) in [5, 5.41) is 3.48. The van der Waals surface area contributed by atoms with Crippen molar-refractivity contribution in [3.05, 3.63) is 35.4 Å². The van der Waals surface area contributed by atoms with Gasteiger partial charge in [0.1, 0.15) is 0 Å². The maximum absolute atomic E-state index is 13.2. The van der Waals surface area contributed by atoms with Crippen LogP contribution in [0.3, 0.4) is 0 Å². The topological polar surface area (TPSA) is 32.3 Å². The summed E-state index contributed by atoms with van der Waals surface area (Å²) in [5.41, 5.74) is 0.219. The molecule has 2 heterocycles. The number of amides is 1. The van der Waals surface area contributed by atoms with Crippen molar-refractivity contribution < 1.29 is 13.6 Å². The molecule has 2 aliphatic rings. The number of rotatable bonds is 1. The molecular weight excluding hydrogens is 250 g/mol. The Balaban J connectivity index is 1.77. The van der Waals surface area contributed by atoms with Crippen LogP contribution < -0.4 is 5.32 Å². The first-order chi connectivity index (χ1) is 9.13. The lowest BCUT2D eigenvalue weighted by molar-refractivity contribution is 0.0747. The average Bonchev–Trinajstić information content (AvgIpc) is 2.72. The molecule has 1 N–H and O–H groups in total. The summed E-state index contributed by atoms with van der Waals surface area (Å²) in [6.07, 6.45) is 3.16. The van der Waals surface area contributed by atoms with Crippen LogP contribution in [0.4, 0.5) is 8.78 Å². The van der Waals surface area contributed by atoms with E-state index in [1.54, 1.807) is 4.90 Å². The lowest BCUT2D eigenvalue weighted by Gasteiger charge is -2.24. The highest BCUT2D eigenvalue weighted by atomic mass is 19.2. The first kappa shape index (κ1) is 12.5. The van der Waals surface area contributed by atoms with Crippen LogP contribution in [0, 0.1) is 11.6 Å². The highest BCUT2D eigenvalue weighted by Crippen LogP contribution is 2.22. The zero-order chi connectivity index (χ0) is 13.4. The number of hydrogen-bond donors (Lipinski definition) is 1. The monoisotopic (exact) mass is 266 g/mol. The molecule has 0 unspecified atom stereocenters. The van der Waals surface area contributed by atoms with E-state index in [1.165, 1.54) is 6.07 Å². The van der Waals surface area contributed by atoms with E-state index >= 15 is 0 Å². The number of carbonyl (C=O) groups excluding carboxylic acids is 1. The zero-order valence-corrected chi connectivity index (χ0v) is 10.5. The van der Waals surface area contributed by atoms with Crippen molar-refractivity contribution in [3.8, 4) is 0 Å². The van der Waals surface area contributed by atoms with E-state index in [9.17, 15) is 13.6 Å². The second-order valence-corrected chi connectivity index (χ2v) is 5.31. The molecule has 1 aromatic rings. The molecule has 0 aliphatic carbocycles. The molecule has 0 spiro atoms. The van der Waals surface area contributed by atoms with Gasteiger partial charge in [-0.25, -0.2) is 8.78 Å². The molecule has 0 radical (unpaired) electrons. The Bertz CT molecular complexity index is 506. The SMILES string of the molecule is O=C(c1ccc(F)c(F)c1)N1CC[C@@H]2CC[C@@H](C1)N2. The molecule has 1 amide bonds. The Kier molecular flexibility index (Phi) is 3.22. The molecular formula is C14H16F2N2O. The van der Waals surface area contributed by atoms with Gasteiger partial charge in [-0.3, -0.25) is 4.79 Å². The first-order valence-corrected chi connectivity index (χ1v) is 6.64. The fourth-order valence-electron chi connectivity index (χ4n) is 2.94. The number of benzene rings is 1. The zero-order valence-electron chi connectivity index (χ0n) is 10.5. The van der Waals surface area contributed by atoms with E-state index in [-0.39, 0.29) is 11.5 Å². The van der Waals surface area contributed by atoms with Crippen LogP contribution >= 0.6 is 0 Å². The number of halogens is 2. The van der Waals surface area contributed by atoms with Crippen LogP contribution in [0.5, 0.6) is 0 Å². The van der Waals surface area contributed by atoms with Gasteiger partial charge >= 0.3 is 0 Å². The van der Waals surface area contributed by atoms with Crippen molar-refractivity contribution in [2.24, 2.45) is 0 Å². The molecule has 19 heavy (non-hydrogen) atoms. The maximum Gasteiger partial charge on any atom is 0.254 e. The number of nitrogens with one attached hydrogen (secondary N) is 1. The third kappa shape index (κ3) is 2.47. The summed E-state index contributed by atoms with van der Waals surface area (Å²) in [5.74, 6) is -2.11. The molecule has 2 aliphatic heterocycles. The predicted molar refractivity (Wildman–Crippen MR) is 66.8 cm³/mol. The number of fused-ring (bicyclic) bond motifs is 2. The minimum atomic E-state index is -0.972. The van der Waals surface area contributed by atoms with Crippen LogP contribution in [-0.2, 0) is 0 Å². The van der Waals surface area contributed by atoms with Gasteiger partial charge in [0.05, 0.1) is 0 Å². The van der Waals surface area contributed by atoms with Crippen LogP contribution in [0.15, 0.2) is 18.2 Å². The average molecular weight is 266 g/mol. The maximum atomic E-state index is 13.2. The normalized spacial score (nSPS) is 26.3. The molecule has 2 saturated heterocycles. The summed E-state index contributed by atoms with van der Waals surface area (Å²) in [6, 6.07) is 4.16. The van der Waals surface area contributed by atoms with E-state index in [0.717, 1.165) is 31.4 Å². The minimum Gasteiger partial charge on any atom is -0.337 e. The smallest absolute Gasteiger partial charge is 0.254 e. The Morgan fingerprint density at radius 1 is 1.16 bits per heavy atom. The third-order valence-electron chi connectivity index (χ3n) is 3.98. The van der Waals surface area contributed by atoms with Gasteiger partial charge in [0.25, 0.3) is 5.91 Å². The van der Waals surface area contributed by atoms with Crippen molar-refractivity contribution in [2.75, 3.05) is 13.1 Å². The number of likely N-dealkylation sites (tertiary alicyclic amines) is 1. The van der Waals surface area contributed by atoms with Crippen molar-refractivity contribution in [2.45, 2.75) is 31.3 Å². The van der Waals surface area contributed by atoms with Crippen molar-refractivity contribution in [1.82, 2.24) is 10.2 Å². The fraction of sp³-hybridized carbons (Fsp3) is 0.500. The number of carbonyl (C=O) groups is 1. The van der Waals surface area contributed by atoms with Gasteiger partial charge in [0, 0.05) is 30.7 Å². The van der Waals surface area contributed by atoms with Gasteiger partial charge in [-0.1, -0.05) is 0 Å². The molecule has 3 nitrogen and oxygen atoms in total. The molecule has 0 aromatic heterocycles. The predicted octanol–water partition coefficient (Wildman–Crippen LogP) is 1.93. The highest BCUT2D eigenvalue weighted by Gasteiger charge is 2.31. The second kappa shape index (κ2) is 4.89. The number of hydrogen-bond acceptors (Lipinski definition) is 2. The largest absolute Gasteiger partial charge is 0.337 e. The lowest BCUT2D eigenvalue weighted by Crippen LogP contribution is -2.39. The van der Waals surface area contributed by atoms with Crippen LogP contribution in [-0.4, -0.2) is 36.0 Å². The van der Waals surface area contributed by atoms with E-state index in [2.05, 4.69) is 5.32 Å². The van der Waals surface area contributed by atoms with Gasteiger partial charge in [-0.15, -0.1) is 0 Å². The van der Waals surface area contributed by atoms with Gasteiger partial charge in [-0.2, -0.15) is 0 Å². The second-order valence-electron chi connectivity index (χ2n) is 5.31. The van der Waals surface area contributed by atoms with E-state index in [0.29, 0.717) is 25.2 Å². The Hall–Kier alpha value is -1.49. The van der Waals surface area contributed by atoms with Crippen LogP contribution in [0.25, 0.3) is 0 Å². The van der Waals surface area contributed by atoms with E-state index in [4.69, 9.17) is 0 Å². The molecule has 3 rings (SSSR count). The first-order valence-electron chi connectivity index (χ1n) is 6.64. The quantitative estimate of drug-likeness (QED) is 0.842. The van der Waals surface area contributed by atoms with Crippen LogP contribution in [0.2, 0.25) is 0 Å². The summed E-state index contributed by atoms with van der Waals surface area (Å²) >= 11 is 0. The van der Waals surface area contributed by atoms with Crippen molar-refractivity contribution in [1.29, 1.82) is 0 Å². The van der Waals surface area contributed by atoms with Gasteiger partial charge < -0.3 is 10.2 Å². The van der Waals surface area contributed by atoms with Gasteiger partial charge in [0.2, 0.25) is 0 Å². The van der Waals surface area contributed by atoms with Crippen LogP contribution in [0.1, 0.15) is 29.6 Å². The molecule has 2 fully saturated rings. The standard InChI is InChI=1S/C14H16F2N2O/c15-12-4-1-9(7-13(12)16)14(19)18-6-5-10-2-3-11(8-18)17-10/h1,4,7,10-11,17H,2-3,5-6,8H2/t10-,11-/m0/s1. The summed E-state index contributed by atoms with van der Waals surface area (Å²) in [6.45, 7) is 1.32. The molecule has 5 heteroatoms. The molecule has 102 valence electrons. The summed E-state index contributed by atoms with van der Waals surface area (Å²) in [7, 11) is 0. The molecule has 2 bridgehead atoms. The number of nitrogens with zero attached hydrogens (tertiary/aromatic N) is 1. The highest BCUT2D eigenvalue weighted by molar-refractivity contribution is 5.94. The molecule has 2 atom stereocenters. The summed E-state index contributed by atoms with van der Waals surface area (Å²) in [4.78, 5) is 14.0. The molecule has 0 saturated carbocycles. The molecule has 1 aromatic carbocycles. The summed E-state index contributed by atoms with van der Waals surface area (Å²) < 4.78 is 26.1. The van der Waals surface area contributed by atoms with Gasteiger partial charge in [0.15, 0.2) is 11.6 Å². The fourth-order valence-corrected chi connectivity index (χ4v) is 2.94.